The summed E-state index contributed by atoms with van der Waals surface area (Å²) in [6, 6.07) is -0.259. The summed E-state index contributed by atoms with van der Waals surface area (Å²) < 4.78 is 0. The highest BCUT2D eigenvalue weighted by molar-refractivity contribution is 5.73. The number of hydrogen-bond acceptors (Lipinski definition) is 3. The number of amides is 2. The Morgan fingerprint density at radius 1 is 1.14 bits per heavy atom. The summed E-state index contributed by atoms with van der Waals surface area (Å²) in [7, 11) is 0. The van der Waals surface area contributed by atoms with Crippen LogP contribution in [0.1, 0.15) is 19.3 Å². The number of urea groups is 1. The second kappa shape index (κ2) is 8.31. The second-order valence-electron chi connectivity index (χ2n) is 2.82. The number of carboxylic acids is 1. The fraction of sp³-hybridized carbons (Fsp3) is 0.750. The van der Waals surface area contributed by atoms with E-state index < -0.39 is 5.97 Å². The number of hydrogen-bond donors (Lipinski definition) is 4. The first kappa shape index (κ1) is 12.7. The molecule has 82 valence electrons. The number of aliphatic carboxylic acids is 1. The average Bonchev–Trinajstić information content (AvgIpc) is 2.13. The van der Waals surface area contributed by atoms with Crippen molar-refractivity contribution in [2.24, 2.45) is 5.73 Å². The van der Waals surface area contributed by atoms with E-state index in [2.05, 4.69) is 10.6 Å². The molecule has 0 atom stereocenters. The van der Waals surface area contributed by atoms with Crippen molar-refractivity contribution in [1.29, 1.82) is 0 Å². The lowest BCUT2D eigenvalue weighted by atomic mass is 10.2. The van der Waals surface area contributed by atoms with Gasteiger partial charge in [0.05, 0.1) is 0 Å². The predicted molar refractivity (Wildman–Crippen MR) is 51.9 cm³/mol. The van der Waals surface area contributed by atoms with Crippen molar-refractivity contribution in [1.82, 2.24) is 10.6 Å². The SMILES string of the molecule is NCCNC(=O)NCCCCC(=O)O. The Balaban J connectivity index is 3.19. The van der Waals surface area contributed by atoms with E-state index in [4.69, 9.17) is 10.8 Å². The van der Waals surface area contributed by atoms with Crippen LogP contribution in [0.5, 0.6) is 0 Å². The zero-order valence-corrected chi connectivity index (χ0v) is 8.08. The monoisotopic (exact) mass is 203 g/mol. The molecule has 0 aromatic carbocycles. The van der Waals surface area contributed by atoms with Crippen LogP contribution in [0.15, 0.2) is 0 Å². The Morgan fingerprint density at radius 3 is 2.36 bits per heavy atom. The lowest BCUT2D eigenvalue weighted by Gasteiger charge is -2.05. The molecule has 0 unspecified atom stereocenters. The molecular formula is C8H17N3O3. The van der Waals surface area contributed by atoms with Crippen molar-refractivity contribution in [2.45, 2.75) is 19.3 Å². The quantitative estimate of drug-likeness (QED) is 0.418. The molecule has 0 spiro atoms. The molecule has 6 heteroatoms. The van der Waals surface area contributed by atoms with Gasteiger partial charge in [0, 0.05) is 26.1 Å². The Kier molecular flexibility index (Phi) is 7.53. The van der Waals surface area contributed by atoms with Crippen LogP contribution >= 0.6 is 0 Å². The number of carboxylic acid groups (broad SMARTS) is 1. The molecule has 0 fully saturated rings. The molecule has 6 nitrogen and oxygen atoms in total. The Labute approximate surface area is 82.9 Å². The van der Waals surface area contributed by atoms with Crippen LogP contribution in [-0.4, -0.2) is 36.7 Å². The molecule has 0 heterocycles. The van der Waals surface area contributed by atoms with Gasteiger partial charge < -0.3 is 21.5 Å². The van der Waals surface area contributed by atoms with Gasteiger partial charge in [-0.25, -0.2) is 4.79 Å². The maximum Gasteiger partial charge on any atom is 0.314 e. The van der Waals surface area contributed by atoms with Crippen molar-refractivity contribution in [3.63, 3.8) is 0 Å². The molecule has 0 radical (unpaired) electrons. The smallest absolute Gasteiger partial charge is 0.314 e. The minimum atomic E-state index is -0.808. The summed E-state index contributed by atoms with van der Waals surface area (Å²) in [5.41, 5.74) is 5.18. The zero-order chi connectivity index (χ0) is 10.8. The molecule has 0 aromatic rings. The van der Waals surface area contributed by atoms with Crippen LogP contribution in [-0.2, 0) is 4.79 Å². The van der Waals surface area contributed by atoms with Crippen LogP contribution in [0.3, 0.4) is 0 Å². The number of rotatable bonds is 7. The van der Waals surface area contributed by atoms with Gasteiger partial charge in [-0.15, -0.1) is 0 Å². The molecule has 2 amide bonds. The van der Waals surface area contributed by atoms with E-state index in [0.29, 0.717) is 32.5 Å². The van der Waals surface area contributed by atoms with Gasteiger partial charge in [0.25, 0.3) is 0 Å². The van der Waals surface area contributed by atoms with Gasteiger partial charge in [0.2, 0.25) is 0 Å². The Bertz CT molecular complexity index is 185. The molecule has 5 N–H and O–H groups in total. The van der Waals surface area contributed by atoms with Crippen LogP contribution in [0.2, 0.25) is 0 Å². The third kappa shape index (κ3) is 8.79. The molecule has 0 aliphatic heterocycles. The largest absolute Gasteiger partial charge is 0.481 e. The molecule has 0 saturated carbocycles. The summed E-state index contributed by atoms with van der Waals surface area (Å²) >= 11 is 0. The first-order valence-electron chi connectivity index (χ1n) is 4.60. The molecule has 0 aliphatic carbocycles. The zero-order valence-electron chi connectivity index (χ0n) is 8.08. The van der Waals surface area contributed by atoms with Crippen LogP contribution in [0.4, 0.5) is 4.79 Å². The lowest BCUT2D eigenvalue weighted by Crippen LogP contribution is -2.38. The van der Waals surface area contributed by atoms with Gasteiger partial charge in [0.1, 0.15) is 0 Å². The Hall–Kier alpha value is -1.30. The normalized spacial score (nSPS) is 9.50. The van der Waals surface area contributed by atoms with Crippen molar-refractivity contribution in [3.05, 3.63) is 0 Å². The lowest BCUT2D eigenvalue weighted by molar-refractivity contribution is -0.137. The molecule has 0 aromatic heterocycles. The molecular weight excluding hydrogens is 186 g/mol. The minimum absolute atomic E-state index is 0.145. The van der Waals surface area contributed by atoms with E-state index >= 15 is 0 Å². The fourth-order valence-electron chi connectivity index (χ4n) is 0.851. The van der Waals surface area contributed by atoms with Crippen molar-refractivity contribution in [3.8, 4) is 0 Å². The molecule has 0 bridgehead atoms. The van der Waals surface area contributed by atoms with Crippen molar-refractivity contribution < 1.29 is 14.7 Å². The number of carbonyl (C=O) groups excluding carboxylic acids is 1. The maximum atomic E-state index is 10.9. The van der Waals surface area contributed by atoms with Gasteiger partial charge in [0.15, 0.2) is 0 Å². The fourth-order valence-corrected chi connectivity index (χ4v) is 0.851. The van der Waals surface area contributed by atoms with E-state index in [1.54, 1.807) is 0 Å². The van der Waals surface area contributed by atoms with Gasteiger partial charge in [-0.2, -0.15) is 0 Å². The van der Waals surface area contributed by atoms with E-state index in [1.807, 2.05) is 0 Å². The van der Waals surface area contributed by atoms with Crippen LogP contribution in [0.25, 0.3) is 0 Å². The first-order valence-corrected chi connectivity index (χ1v) is 4.60. The standard InChI is InChI=1S/C8H17N3O3/c9-4-6-11-8(14)10-5-2-1-3-7(12)13/h1-6,9H2,(H,12,13)(H2,10,11,14). The average molecular weight is 203 g/mol. The van der Waals surface area contributed by atoms with Crippen molar-refractivity contribution in [2.75, 3.05) is 19.6 Å². The highest BCUT2D eigenvalue weighted by Gasteiger charge is 1.99. The van der Waals surface area contributed by atoms with E-state index in [9.17, 15) is 9.59 Å². The highest BCUT2D eigenvalue weighted by Crippen LogP contribution is 1.92. The first-order chi connectivity index (χ1) is 6.66. The third-order valence-electron chi connectivity index (χ3n) is 1.53. The number of nitrogens with one attached hydrogen (secondary N) is 2. The molecule has 0 aliphatic rings. The topological polar surface area (TPSA) is 104 Å². The summed E-state index contributed by atoms with van der Waals surface area (Å²) in [6.07, 6.45) is 1.39. The molecule has 0 saturated heterocycles. The van der Waals surface area contributed by atoms with Crippen LogP contribution in [0, 0.1) is 0 Å². The van der Waals surface area contributed by atoms with E-state index in [-0.39, 0.29) is 12.5 Å². The van der Waals surface area contributed by atoms with Gasteiger partial charge in [-0.05, 0) is 12.8 Å². The summed E-state index contributed by atoms with van der Waals surface area (Å²) in [6.45, 7) is 1.34. The van der Waals surface area contributed by atoms with Gasteiger partial charge in [-0.1, -0.05) is 0 Å². The summed E-state index contributed by atoms with van der Waals surface area (Å²) in [4.78, 5) is 21.0. The van der Waals surface area contributed by atoms with Gasteiger partial charge >= 0.3 is 12.0 Å². The number of unbranched alkanes of at least 4 members (excludes halogenated alkanes) is 1. The van der Waals surface area contributed by atoms with E-state index in [1.165, 1.54) is 0 Å². The third-order valence-corrected chi connectivity index (χ3v) is 1.53. The number of carbonyl (C=O) groups is 2. The number of nitrogens with two attached hydrogens (primary N) is 1. The van der Waals surface area contributed by atoms with Gasteiger partial charge in [-0.3, -0.25) is 4.79 Å². The minimum Gasteiger partial charge on any atom is -0.481 e. The summed E-state index contributed by atoms with van der Waals surface area (Å²) in [5.74, 6) is -0.808. The predicted octanol–water partition coefficient (Wildman–Crippen LogP) is -0.501. The Morgan fingerprint density at radius 2 is 1.79 bits per heavy atom. The summed E-state index contributed by atoms with van der Waals surface area (Å²) in [5, 5.41) is 13.5. The van der Waals surface area contributed by atoms with Crippen LogP contribution < -0.4 is 16.4 Å². The van der Waals surface area contributed by atoms with E-state index in [0.717, 1.165) is 0 Å². The molecule has 14 heavy (non-hydrogen) atoms. The molecule has 0 rings (SSSR count). The highest BCUT2D eigenvalue weighted by atomic mass is 16.4. The second-order valence-corrected chi connectivity index (χ2v) is 2.82. The van der Waals surface area contributed by atoms with Crippen molar-refractivity contribution >= 4 is 12.0 Å². The maximum absolute atomic E-state index is 10.9.